The SMILES string of the molecule is CC(C)(C)c1ccc(O)c(NC(=O)[C@H]2NCCS2)c1. The largest absolute Gasteiger partial charge is 0.506 e. The molecule has 0 radical (unpaired) electrons. The molecule has 1 amide bonds. The van der Waals surface area contributed by atoms with Gasteiger partial charge in [-0.1, -0.05) is 26.8 Å². The molecule has 1 aromatic rings. The fourth-order valence-corrected chi connectivity index (χ4v) is 2.81. The van der Waals surface area contributed by atoms with Crippen LogP contribution in [0.2, 0.25) is 0 Å². The molecule has 1 fully saturated rings. The Morgan fingerprint density at radius 2 is 2.21 bits per heavy atom. The Morgan fingerprint density at radius 3 is 2.79 bits per heavy atom. The van der Waals surface area contributed by atoms with Crippen LogP contribution in [-0.2, 0) is 10.2 Å². The maximum absolute atomic E-state index is 12.0. The number of hydrogen-bond donors (Lipinski definition) is 3. The van der Waals surface area contributed by atoms with Crippen molar-refractivity contribution in [3.63, 3.8) is 0 Å². The molecule has 0 saturated carbocycles. The second kappa shape index (κ2) is 5.43. The summed E-state index contributed by atoms with van der Waals surface area (Å²) in [5.74, 6) is 0.930. The molecule has 1 aromatic carbocycles. The van der Waals surface area contributed by atoms with E-state index in [1.54, 1.807) is 17.8 Å². The molecule has 1 aliphatic heterocycles. The van der Waals surface area contributed by atoms with Crippen LogP contribution in [0.3, 0.4) is 0 Å². The van der Waals surface area contributed by atoms with Gasteiger partial charge in [-0.3, -0.25) is 10.1 Å². The lowest BCUT2D eigenvalue weighted by Gasteiger charge is -2.21. The lowest BCUT2D eigenvalue weighted by molar-refractivity contribution is -0.116. The summed E-state index contributed by atoms with van der Waals surface area (Å²) in [6.45, 7) is 7.13. The van der Waals surface area contributed by atoms with Gasteiger partial charge >= 0.3 is 0 Å². The Hall–Kier alpha value is -1.20. The van der Waals surface area contributed by atoms with Crippen LogP contribution in [-0.4, -0.2) is 28.7 Å². The van der Waals surface area contributed by atoms with E-state index >= 15 is 0 Å². The lowest BCUT2D eigenvalue weighted by Crippen LogP contribution is -2.33. The van der Waals surface area contributed by atoms with E-state index in [9.17, 15) is 9.90 Å². The summed E-state index contributed by atoms with van der Waals surface area (Å²) in [7, 11) is 0. The summed E-state index contributed by atoms with van der Waals surface area (Å²) < 4.78 is 0. The second-order valence-corrected chi connectivity index (χ2v) is 6.89. The van der Waals surface area contributed by atoms with Crippen molar-refractivity contribution in [2.75, 3.05) is 17.6 Å². The molecule has 5 heteroatoms. The number of phenols is 1. The van der Waals surface area contributed by atoms with Crippen molar-refractivity contribution >= 4 is 23.4 Å². The maximum atomic E-state index is 12.0. The molecule has 1 aliphatic rings. The molecule has 1 heterocycles. The van der Waals surface area contributed by atoms with Gasteiger partial charge in [0.1, 0.15) is 11.1 Å². The molecule has 19 heavy (non-hydrogen) atoms. The molecule has 0 spiro atoms. The molecule has 0 bridgehead atoms. The molecule has 4 nitrogen and oxygen atoms in total. The van der Waals surface area contributed by atoms with Crippen LogP contribution in [0.1, 0.15) is 26.3 Å². The summed E-state index contributed by atoms with van der Waals surface area (Å²) in [4.78, 5) is 12.0. The van der Waals surface area contributed by atoms with Crippen molar-refractivity contribution in [1.29, 1.82) is 0 Å². The van der Waals surface area contributed by atoms with E-state index in [4.69, 9.17) is 0 Å². The highest BCUT2D eigenvalue weighted by molar-refractivity contribution is 8.00. The molecular weight excluding hydrogens is 260 g/mol. The topological polar surface area (TPSA) is 61.4 Å². The van der Waals surface area contributed by atoms with Gasteiger partial charge in [-0.05, 0) is 23.1 Å². The number of aromatic hydroxyl groups is 1. The lowest BCUT2D eigenvalue weighted by atomic mass is 9.87. The summed E-state index contributed by atoms with van der Waals surface area (Å²) in [6, 6.07) is 5.35. The Labute approximate surface area is 118 Å². The number of hydrogen-bond acceptors (Lipinski definition) is 4. The third-order valence-corrected chi connectivity index (χ3v) is 4.23. The average Bonchev–Trinajstić information content (AvgIpc) is 2.84. The van der Waals surface area contributed by atoms with E-state index in [2.05, 4.69) is 31.4 Å². The quantitative estimate of drug-likeness (QED) is 0.727. The van der Waals surface area contributed by atoms with Crippen LogP contribution in [0.5, 0.6) is 5.75 Å². The first-order chi connectivity index (χ1) is 8.88. The number of carbonyl (C=O) groups excluding carboxylic acids is 1. The number of phenolic OH excluding ortho intramolecular Hbond substituents is 1. The summed E-state index contributed by atoms with van der Waals surface area (Å²) in [5.41, 5.74) is 1.53. The Bertz CT molecular complexity index is 477. The highest BCUT2D eigenvalue weighted by atomic mass is 32.2. The average molecular weight is 280 g/mol. The molecule has 1 saturated heterocycles. The van der Waals surface area contributed by atoms with Crippen molar-refractivity contribution in [1.82, 2.24) is 5.32 Å². The van der Waals surface area contributed by atoms with Gasteiger partial charge in [0.15, 0.2) is 0 Å². The standard InChI is InChI=1S/C14H20N2O2S/c1-14(2,3)9-4-5-11(17)10(8-9)16-12(18)13-15-6-7-19-13/h4-5,8,13,15,17H,6-7H2,1-3H3,(H,16,18)/t13-/m0/s1. The zero-order chi connectivity index (χ0) is 14.0. The van der Waals surface area contributed by atoms with E-state index in [-0.39, 0.29) is 22.4 Å². The number of carbonyl (C=O) groups is 1. The Morgan fingerprint density at radius 1 is 1.47 bits per heavy atom. The molecule has 1 atom stereocenters. The Balaban J connectivity index is 2.17. The van der Waals surface area contributed by atoms with Crippen molar-refractivity contribution in [2.45, 2.75) is 31.6 Å². The third-order valence-electron chi connectivity index (χ3n) is 3.07. The number of rotatable bonds is 2. The number of amides is 1. The van der Waals surface area contributed by atoms with Gasteiger partial charge < -0.3 is 10.4 Å². The van der Waals surface area contributed by atoms with E-state index in [0.29, 0.717) is 5.69 Å². The number of thioether (sulfide) groups is 1. The molecule has 3 N–H and O–H groups in total. The van der Waals surface area contributed by atoms with E-state index < -0.39 is 0 Å². The van der Waals surface area contributed by atoms with Gasteiger partial charge in [-0.25, -0.2) is 0 Å². The molecule has 0 unspecified atom stereocenters. The molecule has 0 aromatic heterocycles. The minimum Gasteiger partial charge on any atom is -0.506 e. The van der Waals surface area contributed by atoms with Gasteiger partial charge in [-0.15, -0.1) is 11.8 Å². The van der Waals surface area contributed by atoms with Gasteiger partial charge in [0.05, 0.1) is 5.69 Å². The fourth-order valence-electron chi connectivity index (χ4n) is 1.90. The highest BCUT2D eigenvalue weighted by Gasteiger charge is 2.24. The van der Waals surface area contributed by atoms with Crippen molar-refractivity contribution in [3.8, 4) is 5.75 Å². The van der Waals surface area contributed by atoms with Crippen LogP contribution < -0.4 is 10.6 Å². The maximum Gasteiger partial charge on any atom is 0.251 e. The monoisotopic (exact) mass is 280 g/mol. The van der Waals surface area contributed by atoms with E-state index in [0.717, 1.165) is 17.9 Å². The number of benzene rings is 1. The molecule has 104 valence electrons. The second-order valence-electron chi connectivity index (χ2n) is 5.68. The van der Waals surface area contributed by atoms with Crippen LogP contribution in [0.4, 0.5) is 5.69 Å². The van der Waals surface area contributed by atoms with Crippen LogP contribution in [0.15, 0.2) is 18.2 Å². The first kappa shape index (κ1) is 14.2. The van der Waals surface area contributed by atoms with Gasteiger partial charge in [0, 0.05) is 12.3 Å². The predicted octanol–water partition coefficient (Wildman–Crippen LogP) is 2.29. The predicted molar refractivity (Wildman–Crippen MR) is 79.7 cm³/mol. The molecule has 2 rings (SSSR count). The van der Waals surface area contributed by atoms with Gasteiger partial charge in [0.25, 0.3) is 5.91 Å². The third kappa shape index (κ3) is 3.42. The van der Waals surface area contributed by atoms with Gasteiger partial charge in [0.2, 0.25) is 0 Å². The van der Waals surface area contributed by atoms with Gasteiger partial charge in [-0.2, -0.15) is 0 Å². The molecule has 0 aliphatic carbocycles. The van der Waals surface area contributed by atoms with Crippen LogP contribution in [0, 0.1) is 0 Å². The minimum absolute atomic E-state index is 0.0203. The normalized spacial score (nSPS) is 19.4. The zero-order valence-corrected chi connectivity index (χ0v) is 12.3. The van der Waals surface area contributed by atoms with Crippen molar-refractivity contribution < 1.29 is 9.90 Å². The van der Waals surface area contributed by atoms with Crippen molar-refractivity contribution in [2.24, 2.45) is 0 Å². The Kier molecular flexibility index (Phi) is 4.06. The molecular formula is C14H20N2O2S. The summed E-state index contributed by atoms with van der Waals surface area (Å²) in [5, 5.41) is 15.5. The number of nitrogens with one attached hydrogen (secondary N) is 2. The number of anilines is 1. The summed E-state index contributed by atoms with van der Waals surface area (Å²) in [6.07, 6.45) is 0. The van der Waals surface area contributed by atoms with Crippen molar-refractivity contribution in [3.05, 3.63) is 23.8 Å². The smallest absolute Gasteiger partial charge is 0.251 e. The fraction of sp³-hybridized carbons (Fsp3) is 0.500. The van der Waals surface area contributed by atoms with E-state index in [1.807, 2.05) is 12.1 Å². The first-order valence-electron chi connectivity index (χ1n) is 6.37. The first-order valence-corrected chi connectivity index (χ1v) is 7.42. The van der Waals surface area contributed by atoms with Crippen LogP contribution in [0.25, 0.3) is 0 Å². The zero-order valence-electron chi connectivity index (χ0n) is 11.5. The highest BCUT2D eigenvalue weighted by Crippen LogP contribution is 2.31. The van der Waals surface area contributed by atoms with E-state index in [1.165, 1.54) is 0 Å². The summed E-state index contributed by atoms with van der Waals surface area (Å²) >= 11 is 1.58. The van der Waals surface area contributed by atoms with Crippen LogP contribution >= 0.6 is 11.8 Å². The minimum atomic E-state index is -0.224.